The highest BCUT2D eigenvalue weighted by atomic mass is 32.1. The lowest BCUT2D eigenvalue weighted by atomic mass is 9.95. The predicted octanol–water partition coefficient (Wildman–Crippen LogP) is 3.98. The van der Waals surface area contributed by atoms with E-state index in [2.05, 4.69) is 4.99 Å². The molecule has 0 bridgehead atoms. The lowest BCUT2D eigenvalue weighted by Crippen LogP contribution is -2.40. The molecule has 0 N–H and O–H groups in total. The van der Waals surface area contributed by atoms with Gasteiger partial charge < -0.3 is 18.6 Å². The summed E-state index contributed by atoms with van der Waals surface area (Å²) in [5, 5.41) is 11.0. The number of hydrogen-bond donors (Lipinski definition) is 0. The van der Waals surface area contributed by atoms with Crippen LogP contribution in [0.2, 0.25) is 0 Å². The van der Waals surface area contributed by atoms with E-state index in [1.165, 1.54) is 30.9 Å². The van der Waals surface area contributed by atoms with Gasteiger partial charge in [-0.05, 0) is 50.2 Å². The number of carbonyl (C=O) groups excluding carboxylic acids is 1. The Bertz CT molecular complexity index is 1860. The Hall–Kier alpha value is -4.97. The molecule has 0 amide bonds. The van der Waals surface area contributed by atoms with Crippen molar-refractivity contribution in [2.24, 2.45) is 4.99 Å². The second-order valence-corrected chi connectivity index (χ2v) is 9.93. The highest BCUT2D eigenvalue weighted by molar-refractivity contribution is 7.07. The molecule has 2 aromatic carbocycles. The minimum absolute atomic E-state index is 0.0258. The lowest BCUT2D eigenvalue weighted by molar-refractivity contribution is -0.384. The van der Waals surface area contributed by atoms with E-state index in [1.807, 2.05) is 0 Å². The Morgan fingerprint density at radius 2 is 1.90 bits per heavy atom. The number of rotatable bonds is 8. The second kappa shape index (κ2) is 11.3. The molecule has 1 aliphatic rings. The largest absolute Gasteiger partial charge is 0.497 e. The van der Waals surface area contributed by atoms with Crippen LogP contribution in [0.15, 0.2) is 80.1 Å². The number of hydrogen-bond acceptors (Lipinski definition) is 10. The Labute approximate surface area is 237 Å². The minimum atomic E-state index is -0.861. The van der Waals surface area contributed by atoms with E-state index in [9.17, 15) is 19.7 Å². The molecule has 0 saturated carbocycles. The maximum absolute atomic E-state index is 13.9. The van der Waals surface area contributed by atoms with Crippen LogP contribution in [0.5, 0.6) is 11.5 Å². The van der Waals surface area contributed by atoms with Crippen LogP contribution in [0.4, 0.5) is 5.69 Å². The van der Waals surface area contributed by atoms with Crippen molar-refractivity contribution in [3.8, 4) is 22.8 Å². The number of thiazole rings is 1. The summed E-state index contributed by atoms with van der Waals surface area (Å²) < 4.78 is 24.0. The fourth-order valence-electron chi connectivity index (χ4n) is 4.59. The highest BCUT2D eigenvalue weighted by Gasteiger charge is 2.35. The van der Waals surface area contributed by atoms with Crippen LogP contribution in [-0.2, 0) is 9.53 Å². The summed E-state index contributed by atoms with van der Waals surface area (Å²) in [7, 11) is 3.04. The van der Waals surface area contributed by atoms with E-state index >= 15 is 0 Å². The Balaban J connectivity index is 1.63. The molecule has 5 rings (SSSR count). The van der Waals surface area contributed by atoms with Crippen molar-refractivity contribution in [3.05, 3.63) is 107 Å². The molecule has 0 fully saturated rings. The van der Waals surface area contributed by atoms with Gasteiger partial charge in [-0.15, -0.1) is 0 Å². The summed E-state index contributed by atoms with van der Waals surface area (Å²) in [4.78, 5) is 42.5. The zero-order valence-corrected chi connectivity index (χ0v) is 23.4. The number of methoxy groups -OCH3 is 2. The van der Waals surface area contributed by atoms with Crippen LogP contribution in [0, 0.1) is 10.1 Å². The summed E-state index contributed by atoms with van der Waals surface area (Å²) in [6.45, 7) is 3.57. The SMILES string of the molecule is CCOC(=O)C1=C(C)N=c2s/c(=C\c3ccc(-c4ccc([N+](=O)[O-])cc4)o3)c(=O)n2C1c1ccc(OC)cc1OC. The summed E-state index contributed by atoms with van der Waals surface area (Å²) in [6, 6.07) is 13.7. The molecule has 0 aliphatic carbocycles. The number of nitro benzene ring substituents is 1. The van der Waals surface area contributed by atoms with E-state index in [4.69, 9.17) is 18.6 Å². The quantitative estimate of drug-likeness (QED) is 0.175. The number of carbonyl (C=O) groups is 1. The van der Waals surface area contributed by atoms with Crippen LogP contribution in [0.25, 0.3) is 17.4 Å². The third-order valence-electron chi connectivity index (χ3n) is 6.52. The average molecular weight is 576 g/mol. The van der Waals surface area contributed by atoms with Gasteiger partial charge in [0.05, 0.1) is 41.6 Å². The molecular weight excluding hydrogens is 550 g/mol. The van der Waals surface area contributed by atoms with Gasteiger partial charge in [0.25, 0.3) is 11.2 Å². The van der Waals surface area contributed by atoms with Gasteiger partial charge in [0.1, 0.15) is 29.1 Å². The molecule has 0 saturated heterocycles. The van der Waals surface area contributed by atoms with Gasteiger partial charge in [-0.3, -0.25) is 19.5 Å². The summed E-state index contributed by atoms with van der Waals surface area (Å²) in [6.07, 6.45) is 1.60. The van der Waals surface area contributed by atoms with Gasteiger partial charge in [-0.1, -0.05) is 11.3 Å². The van der Waals surface area contributed by atoms with Crippen LogP contribution >= 0.6 is 11.3 Å². The number of benzene rings is 2. The smallest absolute Gasteiger partial charge is 0.338 e. The Morgan fingerprint density at radius 1 is 1.15 bits per heavy atom. The Morgan fingerprint density at radius 3 is 2.56 bits per heavy atom. The van der Waals surface area contributed by atoms with Gasteiger partial charge in [0.2, 0.25) is 0 Å². The first-order valence-electron chi connectivity index (χ1n) is 12.5. The number of non-ortho nitro benzene ring substituents is 1. The molecule has 3 heterocycles. The molecular formula is C29H25N3O8S. The zero-order valence-electron chi connectivity index (χ0n) is 22.6. The number of fused-ring (bicyclic) bond motifs is 1. The molecule has 2 aromatic heterocycles. The normalized spacial score (nSPS) is 14.8. The van der Waals surface area contributed by atoms with Crippen molar-refractivity contribution >= 4 is 29.1 Å². The molecule has 1 unspecified atom stereocenters. The number of aromatic nitrogens is 1. The van der Waals surface area contributed by atoms with E-state index in [-0.39, 0.29) is 23.4 Å². The first-order chi connectivity index (χ1) is 19.7. The fraction of sp³-hybridized carbons (Fsp3) is 0.207. The summed E-state index contributed by atoms with van der Waals surface area (Å²) in [5.74, 6) is 1.30. The summed E-state index contributed by atoms with van der Waals surface area (Å²) >= 11 is 1.16. The third kappa shape index (κ3) is 5.16. The van der Waals surface area contributed by atoms with Gasteiger partial charge in [0.15, 0.2) is 4.80 Å². The third-order valence-corrected chi connectivity index (χ3v) is 7.50. The minimum Gasteiger partial charge on any atom is -0.497 e. The first kappa shape index (κ1) is 27.6. The van der Waals surface area contributed by atoms with Crippen molar-refractivity contribution in [1.82, 2.24) is 4.57 Å². The zero-order chi connectivity index (χ0) is 29.3. The van der Waals surface area contributed by atoms with Gasteiger partial charge in [0, 0.05) is 35.4 Å². The van der Waals surface area contributed by atoms with Gasteiger partial charge >= 0.3 is 5.97 Å². The fourth-order valence-corrected chi connectivity index (χ4v) is 5.62. The monoisotopic (exact) mass is 575 g/mol. The molecule has 0 spiro atoms. The molecule has 4 aromatic rings. The van der Waals surface area contributed by atoms with Crippen molar-refractivity contribution in [3.63, 3.8) is 0 Å². The second-order valence-electron chi connectivity index (χ2n) is 8.92. The standard InChI is InChI=1S/C29H25N3O8S/c1-5-39-28(34)25-16(2)30-29-31(26(25)21-12-10-19(37-3)14-23(21)38-4)27(33)24(41-29)15-20-11-13-22(40-20)17-6-8-18(9-7-17)32(35)36/h6-15,26H,5H2,1-4H3/b24-15-. The van der Waals surface area contributed by atoms with E-state index in [1.54, 1.807) is 62.4 Å². The van der Waals surface area contributed by atoms with Gasteiger partial charge in [-0.25, -0.2) is 9.79 Å². The number of nitro groups is 1. The molecule has 1 atom stereocenters. The number of ether oxygens (including phenoxy) is 3. The van der Waals surface area contributed by atoms with Crippen molar-refractivity contribution in [1.29, 1.82) is 0 Å². The molecule has 11 nitrogen and oxygen atoms in total. The highest BCUT2D eigenvalue weighted by Crippen LogP contribution is 2.37. The number of allylic oxidation sites excluding steroid dienone is 1. The van der Waals surface area contributed by atoms with Crippen molar-refractivity contribution < 1.29 is 28.3 Å². The van der Waals surface area contributed by atoms with Crippen LogP contribution in [0.3, 0.4) is 0 Å². The van der Waals surface area contributed by atoms with Crippen LogP contribution < -0.4 is 24.4 Å². The lowest BCUT2D eigenvalue weighted by Gasteiger charge is -2.26. The molecule has 0 radical (unpaired) electrons. The molecule has 41 heavy (non-hydrogen) atoms. The predicted molar refractivity (Wildman–Crippen MR) is 151 cm³/mol. The van der Waals surface area contributed by atoms with E-state index in [0.29, 0.717) is 49.2 Å². The van der Waals surface area contributed by atoms with Crippen molar-refractivity contribution in [2.75, 3.05) is 20.8 Å². The molecule has 12 heteroatoms. The number of esters is 1. The van der Waals surface area contributed by atoms with Crippen LogP contribution in [-0.4, -0.2) is 36.3 Å². The topological polar surface area (TPSA) is 135 Å². The molecule has 210 valence electrons. The number of furan rings is 1. The molecule has 1 aliphatic heterocycles. The number of nitrogens with zero attached hydrogens (tertiary/aromatic N) is 3. The van der Waals surface area contributed by atoms with Crippen molar-refractivity contribution in [2.45, 2.75) is 19.9 Å². The van der Waals surface area contributed by atoms with E-state index < -0.39 is 16.9 Å². The first-order valence-corrected chi connectivity index (χ1v) is 13.3. The summed E-state index contributed by atoms with van der Waals surface area (Å²) in [5.41, 5.74) is 1.47. The van der Waals surface area contributed by atoms with Gasteiger partial charge in [-0.2, -0.15) is 0 Å². The maximum Gasteiger partial charge on any atom is 0.338 e. The van der Waals surface area contributed by atoms with E-state index in [0.717, 1.165) is 11.3 Å². The average Bonchev–Trinajstić information content (AvgIpc) is 3.56. The van der Waals surface area contributed by atoms with Crippen LogP contribution in [0.1, 0.15) is 31.2 Å². The maximum atomic E-state index is 13.9. The Kier molecular flexibility index (Phi) is 7.58.